The number of imidazole rings is 1. The van der Waals surface area contributed by atoms with Gasteiger partial charge in [-0.2, -0.15) is 0 Å². The number of benzene rings is 1. The number of carbonyl (C=O) groups is 2. The average Bonchev–Trinajstić information content (AvgIpc) is 2.92. The molecule has 0 unspecified atom stereocenters. The van der Waals surface area contributed by atoms with Crippen LogP contribution in [0, 0.1) is 13.8 Å². The Morgan fingerprint density at radius 3 is 2.72 bits per heavy atom. The summed E-state index contributed by atoms with van der Waals surface area (Å²) in [6.07, 6.45) is 3.40. The van der Waals surface area contributed by atoms with E-state index >= 15 is 0 Å². The van der Waals surface area contributed by atoms with E-state index in [0.717, 1.165) is 16.8 Å². The maximum Gasteiger partial charge on any atom is 0.336 e. The van der Waals surface area contributed by atoms with Crippen LogP contribution < -0.4 is 10.9 Å². The number of amides is 1. The molecule has 25 heavy (non-hydrogen) atoms. The lowest BCUT2D eigenvalue weighted by Crippen LogP contribution is -2.19. The highest BCUT2D eigenvalue weighted by molar-refractivity contribution is 5.93. The van der Waals surface area contributed by atoms with E-state index in [4.69, 9.17) is 14.3 Å². The Bertz CT molecular complexity index is 958. The molecule has 0 aliphatic heterocycles. The van der Waals surface area contributed by atoms with Gasteiger partial charge in [-0.15, -0.1) is 0 Å². The van der Waals surface area contributed by atoms with Crippen molar-refractivity contribution >= 4 is 29.0 Å². The minimum atomic E-state index is -0.400. The molecule has 1 aromatic carbocycles. The summed E-state index contributed by atoms with van der Waals surface area (Å²) >= 11 is 0. The molecule has 0 bridgehead atoms. The second-order valence-electron chi connectivity index (χ2n) is 5.22. The SMILES string of the molecule is Cc1cc(=O)oc2cc(NC(=O)Cn3ccnc3C)ccc12.O=CO. The van der Waals surface area contributed by atoms with Crippen LogP contribution in [0.3, 0.4) is 0 Å². The normalized spacial score (nSPS) is 10.0. The Balaban J connectivity index is 0.000000701. The van der Waals surface area contributed by atoms with Gasteiger partial charge in [0.2, 0.25) is 5.91 Å². The highest BCUT2D eigenvalue weighted by atomic mass is 16.4. The second-order valence-corrected chi connectivity index (χ2v) is 5.22. The van der Waals surface area contributed by atoms with Gasteiger partial charge < -0.3 is 19.4 Å². The smallest absolute Gasteiger partial charge is 0.336 e. The fourth-order valence-electron chi connectivity index (χ4n) is 2.33. The third-order valence-electron chi connectivity index (χ3n) is 3.47. The van der Waals surface area contributed by atoms with Crippen molar-refractivity contribution in [3.8, 4) is 0 Å². The first-order valence-electron chi connectivity index (χ1n) is 7.34. The average molecular weight is 343 g/mol. The van der Waals surface area contributed by atoms with Crippen LogP contribution in [0.2, 0.25) is 0 Å². The molecule has 130 valence electrons. The number of nitrogens with zero attached hydrogens (tertiary/aromatic N) is 2. The Morgan fingerprint density at radius 1 is 1.36 bits per heavy atom. The van der Waals surface area contributed by atoms with Gasteiger partial charge in [0.1, 0.15) is 18.0 Å². The van der Waals surface area contributed by atoms with Crippen molar-refractivity contribution in [2.24, 2.45) is 0 Å². The van der Waals surface area contributed by atoms with Crippen molar-refractivity contribution < 1.29 is 19.1 Å². The Kier molecular flexibility index (Phi) is 5.67. The zero-order valence-electron chi connectivity index (χ0n) is 13.7. The maximum absolute atomic E-state index is 12.0. The van der Waals surface area contributed by atoms with E-state index in [1.165, 1.54) is 6.07 Å². The van der Waals surface area contributed by atoms with Gasteiger partial charge in [-0.3, -0.25) is 9.59 Å². The predicted molar refractivity (Wildman–Crippen MR) is 91.5 cm³/mol. The van der Waals surface area contributed by atoms with E-state index in [1.807, 2.05) is 19.9 Å². The van der Waals surface area contributed by atoms with Crippen LogP contribution in [0.4, 0.5) is 5.69 Å². The minimum Gasteiger partial charge on any atom is -0.483 e. The summed E-state index contributed by atoms with van der Waals surface area (Å²) in [5.41, 5.74) is 1.49. The van der Waals surface area contributed by atoms with Crippen molar-refractivity contribution in [1.29, 1.82) is 0 Å². The lowest BCUT2D eigenvalue weighted by atomic mass is 10.1. The predicted octanol–water partition coefficient (Wildman–Crippen LogP) is 1.95. The maximum atomic E-state index is 12.0. The van der Waals surface area contributed by atoms with Gasteiger partial charge in [-0.05, 0) is 31.5 Å². The van der Waals surface area contributed by atoms with Crippen LogP contribution in [0.5, 0.6) is 0 Å². The van der Waals surface area contributed by atoms with Crippen molar-refractivity contribution in [1.82, 2.24) is 9.55 Å². The van der Waals surface area contributed by atoms with Crippen LogP contribution >= 0.6 is 0 Å². The van der Waals surface area contributed by atoms with E-state index in [1.54, 1.807) is 29.1 Å². The summed E-state index contributed by atoms with van der Waals surface area (Å²) in [4.78, 5) is 35.9. The number of hydrogen-bond donors (Lipinski definition) is 2. The zero-order chi connectivity index (χ0) is 18.4. The quantitative estimate of drug-likeness (QED) is 0.555. The molecule has 2 heterocycles. The van der Waals surface area contributed by atoms with Gasteiger partial charge in [0, 0.05) is 35.6 Å². The zero-order valence-corrected chi connectivity index (χ0v) is 13.7. The summed E-state index contributed by atoms with van der Waals surface area (Å²) in [6.45, 7) is 3.61. The number of rotatable bonds is 3. The lowest BCUT2D eigenvalue weighted by Gasteiger charge is -2.08. The summed E-state index contributed by atoms with van der Waals surface area (Å²) in [5, 5.41) is 10.5. The molecule has 0 saturated carbocycles. The standard InChI is InChI=1S/C16H15N3O3.CH2O2/c1-10-7-16(21)22-14-8-12(3-4-13(10)14)18-15(20)9-19-6-5-17-11(19)2;2-1-3/h3-8H,9H2,1-2H3,(H,18,20);1H,(H,2,3). The van der Waals surface area contributed by atoms with Crippen LogP contribution in [0.15, 0.2) is 45.9 Å². The number of nitrogens with one attached hydrogen (secondary N) is 1. The van der Waals surface area contributed by atoms with Crippen LogP contribution in [-0.4, -0.2) is 27.0 Å². The van der Waals surface area contributed by atoms with Crippen molar-refractivity contribution in [2.75, 3.05) is 5.32 Å². The molecule has 0 radical (unpaired) electrons. The van der Waals surface area contributed by atoms with E-state index in [-0.39, 0.29) is 18.9 Å². The van der Waals surface area contributed by atoms with Gasteiger partial charge in [0.15, 0.2) is 0 Å². The first-order chi connectivity index (χ1) is 11.9. The molecule has 3 rings (SSSR count). The molecule has 0 saturated heterocycles. The molecule has 2 aromatic heterocycles. The monoisotopic (exact) mass is 343 g/mol. The topological polar surface area (TPSA) is 114 Å². The highest BCUT2D eigenvalue weighted by Crippen LogP contribution is 2.20. The highest BCUT2D eigenvalue weighted by Gasteiger charge is 2.08. The molecule has 1 amide bonds. The molecule has 0 spiro atoms. The molecule has 3 aromatic rings. The number of hydrogen-bond acceptors (Lipinski definition) is 5. The van der Waals surface area contributed by atoms with E-state index in [2.05, 4.69) is 10.3 Å². The molecule has 0 atom stereocenters. The summed E-state index contributed by atoms with van der Waals surface area (Å²) in [5.74, 6) is 0.603. The molecular formula is C17H17N3O5. The number of aryl methyl sites for hydroxylation is 2. The summed E-state index contributed by atoms with van der Waals surface area (Å²) in [7, 11) is 0. The fraction of sp³-hybridized carbons (Fsp3) is 0.176. The fourth-order valence-corrected chi connectivity index (χ4v) is 2.33. The minimum absolute atomic E-state index is 0.171. The molecule has 8 heteroatoms. The van der Waals surface area contributed by atoms with Crippen molar-refractivity contribution in [3.63, 3.8) is 0 Å². The first kappa shape index (κ1) is 17.9. The van der Waals surface area contributed by atoms with Gasteiger partial charge in [0.05, 0.1) is 0 Å². The third-order valence-corrected chi connectivity index (χ3v) is 3.47. The molecule has 2 N–H and O–H groups in total. The van der Waals surface area contributed by atoms with Crippen LogP contribution in [0.1, 0.15) is 11.4 Å². The van der Waals surface area contributed by atoms with Gasteiger partial charge >= 0.3 is 5.63 Å². The van der Waals surface area contributed by atoms with E-state index in [9.17, 15) is 9.59 Å². The Labute approximate surface area is 142 Å². The first-order valence-corrected chi connectivity index (χ1v) is 7.34. The van der Waals surface area contributed by atoms with Gasteiger partial charge in [-0.25, -0.2) is 9.78 Å². The van der Waals surface area contributed by atoms with Crippen LogP contribution in [-0.2, 0) is 16.1 Å². The number of carbonyl (C=O) groups excluding carboxylic acids is 1. The largest absolute Gasteiger partial charge is 0.483 e. The number of anilines is 1. The molecule has 0 fully saturated rings. The summed E-state index contributed by atoms with van der Waals surface area (Å²) in [6, 6.07) is 6.71. The van der Waals surface area contributed by atoms with Crippen molar-refractivity contribution in [2.45, 2.75) is 20.4 Å². The Morgan fingerprint density at radius 2 is 2.08 bits per heavy atom. The summed E-state index contributed by atoms with van der Waals surface area (Å²) < 4.78 is 6.92. The second kappa shape index (κ2) is 7.91. The molecule has 8 nitrogen and oxygen atoms in total. The lowest BCUT2D eigenvalue weighted by molar-refractivity contribution is -0.123. The van der Waals surface area contributed by atoms with Gasteiger partial charge in [-0.1, -0.05) is 0 Å². The van der Waals surface area contributed by atoms with E-state index < -0.39 is 5.63 Å². The third kappa shape index (κ3) is 4.54. The van der Waals surface area contributed by atoms with Gasteiger partial charge in [0.25, 0.3) is 6.47 Å². The molecular weight excluding hydrogens is 326 g/mol. The van der Waals surface area contributed by atoms with Crippen molar-refractivity contribution in [3.05, 3.63) is 58.5 Å². The molecule has 0 aliphatic carbocycles. The number of carboxylic acid groups (broad SMARTS) is 1. The molecule has 0 aliphatic rings. The Hall–Kier alpha value is -3.42. The number of fused-ring (bicyclic) bond motifs is 1. The van der Waals surface area contributed by atoms with Crippen LogP contribution in [0.25, 0.3) is 11.0 Å². The number of aromatic nitrogens is 2. The van der Waals surface area contributed by atoms with E-state index in [0.29, 0.717) is 11.3 Å².